The first-order valence-corrected chi connectivity index (χ1v) is 9.69. The molecule has 3 heterocycles. The zero-order valence-electron chi connectivity index (χ0n) is 17.4. The summed E-state index contributed by atoms with van der Waals surface area (Å²) in [7, 11) is 1.67. The van der Waals surface area contributed by atoms with Crippen LogP contribution >= 0.6 is 0 Å². The van der Waals surface area contributed by atoms with Gasteiger partial charge >= 0.3 is 0 Å². The Kier molecular flexibility index (Phi) is 5.03. The number of likely N-dealkylation sites (N-methyl/N-ethyl adjacent to an activating group) is 1. The number of nitrogens with one attached hydrogen (secondary N) is 1. The lowest BCUT2D eigenvalue weighted by Crippen LogP contribution is -2.49. The fourth-order valence-electron chi connectivity index (χ4n) is 3.50. The largest absolute Gasteiger partial charge is 0.489 e. The fraction of sp³-hybridized carbons (Fsp3) is 0.333. The SMILES string of the molecule is Cc1cc(C)n(Cn2nc(C(=O)NC3COc4ccccc4N(C)C3=O)cc2C)n1. The summed E-state index contributed by atoms with van der Waals surface area (Å²) in [5.41, 5.74) is 3.67. The molecule has 3 aromatic rings. The third kappa shape index (κ3) is 3.66. The lowest BCUT2D eigenvalue weighted by atomic mass is 10.2. The number of hydrogen-bond donors (Lipinski definition) is 1. The van der Waals surface area contributed by atoms with Gasteiger partial charge in [-0.3, -0.25) is 9.59 Å². The first-order valence-electron chi connectivity index (χ1n) is 9.69. The molecular formula is C21H24N6O3. The number of carbonyl (C=O) groups is 2. The van der Waals surface area contributed by atoms with E-state index in [-0.39, 0.29) is 18.2 Å². The van der Waals surface area contributed by atoms with Crippen LogP contribution in [0.4, 0.5) is 5.69 Å². The van der Waals surface area contributed by atoms with Crippen molar-refractivity contribution in [2.75, 3.05) is 18.6 Å². The molecule has 1 aliphatic heterocycles. The van der Waals surface area contributed by atoms with Gasteiger partial charge in [-0.15, -0.1) is 0 Å². The summed E-state index contributed by atoms with van der Waals surface area (Å²) >= 11 is 0. The molecule has 1 aromatic carbocycles. The molecule has 30 heavy (non-hydrogen) atoms. The van der Waals surface area contributed by atoms with E-state index in [4.69, 9.17) is 4.74 Å². The highest BCUT2D eigenvalue weighted by atomic mass is 16.5. The zero-order valence-corrected chi connectivity index (χ0v) is 17.4. The minimum atomic E-state index is -0.809. The fourth-order valence-corrected chi connectivity index (χ4v) is 3.50. The minimum absolute atomic E-state index is 0.0530. The quantitative estimate of drug-likeness (QED) is 0.709. The van der Waals surface area contributed by atoms with E-state index in [9.17, 15) is 9.59 Å². The average molecular weight is 408 g/mol. The van der Waals surface area contributed by atoms with Gasteiger partial charge in [-0.25, -0.2) is 9.36 Å². The summed E-state index contributed by atoms with van der Waals surface area (Å²) in [5, 5.41) is 11.6. The van der Waals surface area contributed by atoms with Crippen molar-refractivity contribution in [1.29, 1.82) is 0 Å². The van der Waals surface area contributed by atoms with Gasteiger partial charge in [-0.1, -0.05) is 12.1 Å². The number of benzene rings is 1. The molecule has 4 rings (SSSR count). The summed E-state index contributed by atoms with van der Waals surface area (Å²) in [6, 6.07) is 10.2. The molecule has 9 heteroatoms. The molecule has 1 N–H and O–H groups in total. The maximum absolute atomic E-state index is 12.8. The Morgan fingerprint density at radius 1 is 1.13 bits per heavy atom. The van der Waals surface area contributed by atoms with E-state index in [0.717, 1.165) is 17.1 Å². The molecule has 156 valence electrons. The number of aromatic nitrogens is 4. The van der Waals surface area contributed by atoms with Crippen LogP contribution in [-0.2, 0) is 11.5 Å². The Hall–Kier alpha value is -3.62. The predicted octanol–water partition coefficient (Wildman–Crippen LogP) is 1.66. The maximum atomic E-state index is 12.8. The van der Waals surface area contributed by atoms with E-state index < -0.39 is 11.9 Å². The first kappa shape index (κ1) is 19.7. The Morgan fingerprint density at radius 2 is 1.83 bits per heavy atom. The third-order valence-electron chi connectivity index (χ3n) is 5.15. The van der Waals surface area contributed by atoms with Gasteiger partial charge in [0.2, 0.25) is 0 Å². The van der Waals surface area contributed by atoms with Crippen molar-refractivity contribution in [2.24, 2.45) is 0 Å². The molecule has 0 radical (unpaired) electrons. The molecule has 2 amide bonds. The van der Waals surface area contributed by atoms with Gasteiger partial charge < -0.3 is 15.0 Å². The van der Waals surface area contributed by atoms with E-state index in [0.29, 0.717) is 18.1 Å². The van der Waals surface area contributed by atoms with Crippen LogP contribution in [0.5, 0.6) is 5.75 Å². The second-order valence-corrected chi connectivity index (χ2v) is 7.44. The van der Waals surface area contributed by atoms with Crippen molar-refractivity contribution >= 4 is 17.5 Å². The number of fused-ring (bicyclic) bond motifs is 1. The molecule has 0 spiro atoms. The van der Waals surface area contributed by atoms with Crippen molar-refractivity contribution in [3.05, 3.63) is 59.2 Å². The second kappa shape index (κ2) is 7.66. The Bertz CT molecular complexity index is 1120. The van der Waals surface area contributed by atoms with E-state index in [2.05, 4.69) is 15.5 Å². The molecule has 0 fully saturated rings. The summed E-state index contributed by atoms with van der Waals surface area (Å²) in [5.74, 6) is -0.0614. The van der Waals surface area contributed by atoms with Gasteiger partial charge in [0.15, 0.2) is 5.69 Å². The highest BCUT2D eigenvalue weighted by Gasteiger charge is 2.31. The second-order valence-electron chi connectivity index (χ2n) is 7.44. The molecule has 1 unspecified atom stereocenters. The van der Waals surface area contributed by atoms with E-state index in [1.165, 1.54) is 4.90 Å². The monoisotopic (exact) mass is 408 g/mol. The lowest BCUT2D eigenvalue weighted by Gasteiger charge is -2.20. The number of para-hydroxylation sites is 2. The standard InChI is InChI=1S/C21H24N6O3/c1-13-9-14(2)26(23-13)12-27-15(3)10-16(24-27)20(28)22-17-11-30-19-8-6-5-7-18(19)25(4)21(17)29/h5-10,17H,11-12H2,1-4H3,(H,22,28). The van der Waals surface area contributed by atoms with Crippen LogP contribution in [0.25, 0.3) is 0 Å². The number of nitrogens with zero attached hydrogens (tertiary/aromatic N) is 5. The molecule has 0 saturated heterocycles. The van der Waals surface area contributed by atoms with Crippen LogP contribution in [0.1, 0.15) is 27.6 Å². The molecule has 0 bridgehead atoms. The summed E-state index contributed by atoms with van der Waals surface area (Å²) < 4.78 is 9.28. The summed E-state index contributed by atoms with van der Waals surface area (Å²) in [6.45, 7) is 6.23. The van der Waals surface area contributed by atoms with Gasteiger partial charge in [0.05, 0.1) is 11.4 Å². The van der Waals surface area contributed by atoms with Crippen molar-refractivity contribution in [3.63, 3.8) is 0 Å². The van der Waals surface area contributed by atoms with Crippen molar-refractivity contribution in [3.8, 4) is 5.75 Å². The van der Waals surface area contributed by atoms with Gasteiger partial charge in [-0.05, 0) is 45.0 Å². The van der Waals surface area contributed by atoms with E-state index >= 15 is 0 Å². The number of aryl methyl sites for hydroxylation is 3. The molecule has 1 aliphatic rings. The Morgan fingerprint density at radius 3 is 2.57 bits per heavy atom. The van der Waals surface area contributed by atoms with Crippen LogP contribution in [0.3, 0.4) is 0 Å². The van der Waals surface area contributed by atoms with Crippen LogP contribution in [0, 0.1) is 20.8 Å². The van der Waals surface area contributed by atoms with E-state index in [1.807, 2.05) is 43.7 Å². The summed E-state index contributed by atoms with van der Waals surface area (Å²) in [4.78, 5) is 27.1. The predicted molar refractivity (Wildman–Crippen MR) is 111 cm³/mol. The lowest BCUT2D eigenvalue weighted by molar-refractivity contribution is -0.120. The number of carbonyl (C=O) groups excluding carboxylic acids is 2. The average Bonchev–Trinajstić information content (AvgIpc) is 3.21. The smallest absolute Gasteiger partial charge is 0.272 e. The Balaban J connectivity index is 1.49. The van der Waals surface area contributed by atoms with Crippen LogP contribution in [0.2, 0.25) is 0 Å². The van der Waals surface area contributed by atoms with Crippen molar-refractivity contribution in [2.45, 2.75) is 33.5 Å². The van der Waals surface area contributed by atoms with Crippen molar-refractivity contribution < 1.29 is 14.3 Å². The van der Waals surface area contributed by atoms with Crippen LogP contribution in [-0.4, -0.2) is 51.1 Å². The maximum Gasteiger partial charge on any atom is 0.272 e. The Labute approximate surface area is 174 Å². The normalized spacial score (nSPS) is 16.1. The molecule has 2 aromatic heterocycles. The first-order chi connectivity index (χ1) is 14.3. The topological polar surface area (TPSA) is 94.3 Å². The number of anilines is 1. The van der Waals surface area contributed by atoms with Crippen LogP contribution < -0.4 is 15.0 Å². The third-order valence-corrected chi connectivity index (χ3v) is 5.15. The number of rotatable bonds is 4. The van der Waals surface area contributed by atoms with Crippen LogP contribution in [0.15, 0.2) is 36.4 Å². The van der Waals surface area contributed by atoms with Gasteiger partial charge in [0, 0.05) is 18.4 Å². The number of amides is 2. The zero-order chi connectivity index (χ0) is 21.4. The molecule has 1 atom stereocenters. The molecular weight excluding hydrogens is 384 g/mol. The summed E-state index contributed by atoms with van der Waals surface area (Å²) in [6.07, 6.45) is 0. The minimum Gasteiger partial charge on any atom is -0.489 e. The molecule has 0 saturated carbocycles. The highest BCUT2D eigenvalue weighted by molar-refractivity contribution is 6.02. The number of hydrogen-bond acceptors (Lipinski definition) is 5. The molecule has 9 nitrogen and oxygen atoms in total. The van der Waals surface area contributed by atoms with Gasteiger partial charge in [0.1, 0.15) is 25.1 Å². The van der Waals surface area contributed by atoms with E-state index in [1.54, 1.807) is 29.9 Å². The van der Waals surface area contributed by atoms with Crippen molar-refractivity contribution in [1.82, 2.24) is 24.9 Å². The molecule has 0 aliphatic carbocycles. The van der Waals surface area contributed by atoms with Gasteiger partial charge in [-0.2, -0.15) is 10.2 Å². The van der Waals surface area contributed by atoms with Gasteiger partial charge in [0.25, 0.3) is 11.8 Å². The highest BCUT2D eigenvalue weighted by Crippen LogP contribution is 2.29. The number of ether oxygens (including phenoxy) is 1.